The highest BCUT2D eigenvalue weighted by Crippen LogP contribution is 2.25. The minimum absolute atomic E-state index is 0.397. The Bertz CT molecular complexity index is 889. The second-order valence-electron chi connectivity index (χ2n) is 5.36. The van der Waals surface area contributed by atoms with Gasteiger partial charge in [-0.25, -0.2) is 9.67 Å². The number of aryl methyl sites for hydroxylation is 1. The first-order valence-electron chi connectivity index (χ1n) is 7.49. The van der Waals surface area contributed by atoms with Crippen LogP contribution in [0, 0.1) is 6.92 Å². The Labute approximate surface area is 161 Å². The van der Waals surface area contributed by atoms with E-state index in [4.69, 9.17) is 35.4 Å². The van der Waals surface area contributed by atoms with Gasteiger partial charge in [0.25, 0.3) is 0 Å². The van der Waals surface area contributed by atoms with Crippen molar-refractivity contribution in [3.63, 3.8) is 0 Å². The zero-order chi connectivity index (χ0) is 17.8. The average Bonchev–Trinajstić information content (AvgIpc) is 3.00. The van der Waals surface area contributed by atoms with Crippen molar-refractivity contribution in [3.8, 4) is 0 Å². The molecule has 0 radical (unpaired) electrons. The third-order valence-electron chi connectivity index (χ3n) is 3.54. The van der Waals surface area contributed by atoms with Crippen LogP contribution >= 0.6 is 35.4 Å². The van der Waals surface area contributed by atoms with Crippen LogP contribution in [0.25, 0.3) is 0 Å². The van der Waals surface area contributed by atoms with Gasteiger partial charge in [0, 0.05) is 21.3 Å². The predicted octanol–water partition coefficient (Wildman–Crippen LogP) is 4.75. The van der Waals surface area contributed by atoms with Crippen LogP contribution in [0.2, 0.25) is 10.0 Å². The molecule has 5 nitrogen and oxygen atoms in total. The van der Waals surface area contributed by atoms with E-state index in [0.29, 0.717) is 27.7 Å². The lowest BCUT2D eigenvalue weighted by molar-refractivity contribution is 0.687. The largest absolute Gasteiger partial charge is 0.332 e. The van der Waals surface area contributed by atoms with Crippen molar-refractivity contribution in [2.45, 2.75) is 13.5 Å². The normalized spacial score (nSPS) is 10.5. The zero-order valence-corrected chi connectivity index (χ0v) is 15.7. The number of nitrogens with one attached hydrogen (secondary N) is 2. The van der Waals surface area contributed by atoms with Crippen LogP contribution in [0.5, 0.6) is 0 Å². The summed E-state index contributed by atoms with van der Waals surface area (Å²) in [6.45, 7) is 2.43. The molecule has 0 saturated heterocycles. The number of hydrogen-bond acceptors (Lipinski definition) is 3. The van der Waals surface area contributed by atoms with Crippen molar-refractivity contribution in [3.05, 3.63) is 70.0 Å². The van der Waals surface area contributed by atoms with E-state index in [1.165, 1.54) is 0 Å². The second kappa shape index (κ2) is 7.82. The van der Waals surface area contributed by atoms with E-state index in [0.717, 1.165) is 16.8 Å². The fraction of sp³-hybridized carbons (Fsp3) is 0.118. The Balaban J connectivity index is 1.66. The molecule has 2 N–H and O–H groups in total. The van der Waals surface area contributed by atoms with E-state index in [9.17, 15) is 0 Å². The van der Waals surface area contributed by atoms with Gasteiger partial charge in [-0.3, -0.25) is 5.32 Å². The van der Waals surface area contributed by atoms with Crippen LogP contribution in [0.15, 0.2) is 48.8 Å². The van der Waals surface area contributed by atoms with Gasteiger partial charge in [-0.15, -0.1) is 5.10 Å². The molecule has 128 valence electrons. The molecule has 0 amide bonds. The topological polar surface area (TPSA) is 54.8 Å². The SMILES string of the molecule is Cc1ccccc1NC(=S)Nc1ncn(Cc2c(Cl)cccc2Cl)n1. The molecule has 3 aromatic rings. The molecule has 0 spiro atoms. The smallest absolute Gasteiger partial charge is 0.248 e. The number of thiocarbonyl (C=S) groups is 1. The van der Waals surface area contributed by atoms with E-state index < -0.39 is 0 Å². The number of para-hydroxylation sites is 1. The van der Waals surface area contributed by atoms with E-state index in [1.54, 1.807) is 29.2 Å². The summed E-state index contributed by atoms with van der Waals surface area (Å²) in [4.78, 5) is 4.20. The molecule has 0 unspecified atom stereocenters. The Hall–Kier alpha value is -2.15. The third-order valence-corrected chi connectivity index (χ3v) is 4.45. The van der Waals surface area contributed by atoms with Gasteiger partial charge in [0.05, 0.1) is 6.54 Å². The number of aromatic nitrogens is 3. The molecule has 1 heterocycles. The summed E-state index contributed by atoms with van der Waals surface area (Å²) in [5, 5.41) is 12.0. The summed E-state index contributed by atoms with van der Waals surface area (Å²) in [5.41, 5.74) is 2.82. The van der Waals surface area contributed by atoms with Crippen LogP contribution < -0.4 is 10.6 Å². The molecule has 0 fully saturated rings. The molecule has 0 aliphatic heterocycles. The first kappa shape index (κ1) is 17.7. The number of halogens is 2. The molecule has 0 saturated carbocycles. The van der Waals surface area contributed by atoms with Gasteiger partial charge < -0.3 is 5.32 Å². The molecule has 1 aromatic heterocycles. The zero-order valence-electron chi connectivity index (χ0n) is 13.3. The van der Waals surface area contributed by atoms with Gasteiger partial charge in [0.15, 0.2) is 5.11 Å². The number of hydrogen-bond donors (Lipinski definition) is 2. The van der Waals surface area contributed by atoms with Crippen LogP contribution in [0.1, 0.15) is 11.1 Å². The van der Waals surface area contributed by atoms with Crippen molar-refractivity contribution in [1.82, 2.24) is 14.8 Å². The molecule has 25 heavy (non-hydrogen) atoms. The lowest BCUT2D eigenvalue weighted by atomic mass is 10.2. The number of anilines is 2. The van der Waals surface area contributed by atoms with Crippen molar-refractivity contribution < 1.29 is 0 Å². The van der Waals surface area contributed by atoms with Gasteiger partial charge in [0.2, 0.25) is 5.95 Å². The maximum Gasteiger partial charge on any atom is 0.248 e. The number of benzene rings is 2. The average molecular weight is 392 g/mol. The summed E-state index contributed by atoms with van der Waals surface area (Å²) in [5.74, 6) is 0.397. The summed E-state index contributed by atoms with van der Waals surface area (Å²) < 4.78 is 1.64. The summed E-state index contributed by atoms with van der Waals surface area (Å²) >= 11 is 17.7. The van der Waals surface area contributed by atoms with Crippen LogP contribution in [-0.4, -0.2) is 19.9 Å². The van der Waals surface area contributed by atoms with Gasteiger partial charge >= 0.3 is 0 Å². The predicted molar refractivity (Wildman–Crippen MR) is 107 cm³/mol. The molecule has 3 rings (SSSR count). The molecule has 2 aromatic carbocycles. The minimum Gasteiger partial charge on any atom is -0.332 e. The summed E-state index contributed by atoms with van der Waals surface area (Å²) in [7, 11) is 0. The fourth-order valence-corrected chi connectivity index (χ4v) is 2.96. The van der Waals surface area contributed by atoms with Gasteiger partial charge in [-0.2, -0.15) is 0 Å². The monoisotopic (exact) mass is 391 g/mol. The Morgan fingerprint density at radius 1 is 1.08 bits per heavy atom. The highest BCUT2D eigenvalue weighted by Gasteiger charge is 2.09. The van der Waals surface area contributed by atoms with E-state index in [-0.39, 0.29) is 0 Å². The summed E-state index contributed by atoms with van der Waals surface area (Å²) in [6.07, 6.45) is 1.60. The lowest BCUT2D eigenvalue weighted by Gasteiger charge is -2.10. The standard InChI is InChI=1S/C17H15Cl2N5S/c1-11-5-2-3-8-15(11)21-17(25)22-16-20-10-24(23-16)9-12-13(18)6-4-7-14(12)19/h2-8,10H,9H2,1H3,(H2,21,22,23,25). The van der Waals surface area contributed by atoms with Crippen LogP contribution in [-0.2, 0) is 6.54 Å². The van der Waals surface area contributed by atoms with Crippen molar-refractivity contribution >= 4 is 52.2 Å². The number of rotatable bonds is 4. The van der Waals surface area contributed by atoms with Crippen molar-refractivity contribution in [2.75, 3.05) is 10.6 Å². The highest BCUT2D eigenvalue weighted by molar-refractivity contribution is 7.80. The molecule has 0 aliphatic carbocycles. The fourth-order valence-electron chi connectivity index (χ4n) is 2.24. The Kier molecular flexibility index (Phi) is 5.53. The first-order valence-corrected chi connectivity index (χ1v) is 8.65. The van der Waals surface area contributed by atoms with Crippen LogP contribution in [0.4, 0.5) is 11.6 Å². The Morgan fingerprint density at radius 2 is 1.80 bits per heavy atom. The summed E-state index contributed by atoms with van der Waals surface area (Å²) in [6, 6.07) is 13.3. The van der Waals surface area contributed by atoms with E-state index in [1.807, 2.05) is 31.2 Å². The minimum atomic E-state index is 0.397. The van der Waals surface area contributed by atoms with Gasteiger partial charge in [-0.05, 0) is 42.9 Å². The third kappa shape index (κ3) is 4.48. The molecular formula is C17H15Cl2N5S. The van der Waals surface area contributed by atoms with Crippen LogP contribution in [0.3, 0.4) is 0 Å². The van der Waals surface area contributed by atoms with E-state index in [2.05, 4.69) is 20.7 Å². The van der Waals surface area contributed by atoms with Gasteiger partial charge in [0.1, 0.15) is 6.33 Å². The molecule has 8 heteroatoms. The first-order chi connectivity index (χ1) is 12.0. The maximum atomic E-state index is 6.18. The molecule has 0 bridgehead atoms. The molecule has 0 atom stereocenters. The highest BCUT2D eigenvalue weighted by atomic mass is 35.5. The molecule has 0 aliphatic rings. The van der Waals surface area contributed by atoms with Gasteiger partial charge in [-0.1, -0.05) is 47.5 Å². The number of nitrogens with zero attached hydrogens (tertiary/aromatic N) is 3. The molecular weight excluding hydrogens is 377 g/mol. The van der Waals surface area contributed by atoms with Crippen molar-refractivity contribution in [1.29, 1.82) is 0 Å². The lowest BCUT2D eigenvalue weighted by Crippen LogP contribution is -2.20. The second-order valence-corrected chi connectivity index (χ2v) is 6.58. The van der Waals surface area contributed by atoms with E-state index >= 15 is 0 Å². The quantitative estimate of drug-likeness (QED) is 0.628. The maximum absolute atomic E-state index is 6.18. The Morgan fingerprint density at radius 3 is 2.52 bits per heavy atom. The van der Waals surface area contributed by atoms with Crippen molar-refractivity contribution in [2.24, 2.45) is 0 Å².